The first-order chi connectivity index (χ1) is 9.79. The third kappa shape index (κ3) is 10.5. The van der Waals surface area contributed by atoms with E-state index in [1.807, 2.05) is 0 Å². The first-order valence-electron chi connectivity index (χ1n) is 8.49. The monoisotopic (exact) mass is 320 g/mol. The maximum Gasteiger partial charge on any atom is 0.469 e. The van der Waals surface area contributed by atoms with Crippen LogP contribution in [0.3, 0.4) is 0 Å². The molecule has 1 aliphatic rings. The van der Waals surface area contributed by atoms with Gasteiger partial charge in [0.15, 0.2) is 0 Å². The topological polar surface area (TPSA) is 66.8 Å². The van der Waals surface area contributed by atoms with Gasteiger partial charge in [0.25, 0.3) is 0 Å². The molecule has 126 valence electrons. The van der Waals surface area contributed by atoms with E-state index in [0.29, 0.717) is 5.41 Å². The Balaban J connectivity index is 1.86. The Hall–Kier alpha value is 0.110. The second kappa shape index (κ2) is 9.29. The van der Waals surface area contributed by atoms with Crippen LogP contribution in [0.2, 0.25) is 0 Å². The molecule has 1 saturated carbocycles. The van der Waals surface area contributed by atoms with Gasteiger partial charge in [0, 0.05) is 0 Å². The van der Waals surface area contributed by atoms with Crippen molar-refractivity contribution in [1.29, 1.82) is 0 Å². The summed E-state index contributed by atoms with van der Waals surface area (Å²) in [6.07, 6.45) is 13.7. The highest BCUT2D eigenvalue weighted by atomic mass is 31.2. The third-order valence-corrected chi connectivity index (χ3v) is 5.24. The van der Waals surface area contributed by atoms with Crippen LogP contribution in [-0.4, -0.2) is 16.4 Å². The minimum absolute atomic E-state index is 0.169. The van der Waals surface area contributed by atoms with Gasteiger partial charge in [-0.1, -0.05) is 52.4 Å². The Morgan fingerprint density at radius 2 is 1.52 bits per heavy atom. The molecule has 0 heterocycles. The van der Waals surface area contributed by atoms with Crippen molar-refractivity contribution in [2.24, 2.45) is 11.3 Å². The SMILES string of the molecule is CC1(C)CCC(CCCCCCCCOP(=O)(O)O)CC1. The first kappa shape index (κ1) is 19.2. The van der Waals surface area contributed by atoms with Gasteiger partial charge in [0.1, 0.15) is 0 Å². The Kier molecular flexibility index (Phi) is 8.48. The lowest BCUT2D eigenvalue weighted by atomic mass is 9.72. The lowest BCUT2D eigenvalue weighted by Crippen LogP contribution is -2.21. The standard InChI is InChI=1S/C16H33O4P/c1-16(2)12-10-15(11-13-16)9-7-5-3-4-6-8-14-20-21(17,18)19/h15H,3-14H2,1-2H3,(H2,17,18,19). The lowest BCUT2D eigenvalue weighted by Gasteiger charge is -2.34. The van der Waals surface area contributed by atoms with E-state index in [4.69, 9.17) is 9.79 Å². The number of phosphoric ester groups is 1. The smallest absolute Gasteiger partial charge is 0.303 e. The summed E-state index contributed by atoms with van der Waals surface area (Å²) in [5.74, 6) is 0.953. The summed E-state index contributed by atoms with van der Waals surface area (Å²) in [4.78, 5) is 17.1. The molecule has 0 radical (unpaired) electrons. The molecule has 5 heteroatoms. The van der Waals surface area contributed by atoms with E-state index in [1.54, 1.807) is 0 Å². The van der Waals surface area contributed by atoms with Crippen molar-refractivity contribution in [2.75, 3.05) is 6.61 Å². The average molecular weight is 320 g/mol. The molecular weight excluding hydrogens is 287 g/mol. The summed E-state index contributed by atoms with van der Waals surface area (Å²) < 4.78 is 14.9. The fourth-order valence-electron chi connectivity index (χ4n) is 3.17. The van der Waals surface area contributed by atoms with Crippen molar-refractivity contribution in [3.05, 3.63) is 0 Å². The Bertz CT molecular complexity index is 314. The Morgan fingerprint density at radius 3 is 2.10 bits per heavy atom. The average Bonchev–Trinajstić information content (AvgIpc) is 2.37. The molecule has 4 nitrogen and oxygen atoms in total. The summed E-state index contributed by atoms with van der Waals surface area (Å²) >= 11 is 0. The van der Waals surface area contributed by atoms with Gasteiger partial charge < -0.3 is 9.79 Å². The molecular formula is C16H33O4P. The van der Waals surface area contributed by atoms with E-state index in [9.17, 15) is 4.57 Å². The van der Waals surface area contributed by atoms with Crippen LogP contribution in [0, 0.1) is 11.3 Å². The molecule has 1 rings (SSSR count). The van der Waals surface area contributed by atoms with E-state index in [0.717, 1.165) is 25.2 Å². The zero-order valence-electron chi connectivity index (χ0n) is 13.7. The van der Waals surface area contributed by atoms with Crippen LogP contribution >= 0.6 is 7.82 Å². The second-order valence-corrected chi connectivity index (χ2v) is 8.58. The van der Waals surface area contributed by atoms with Gasteiger partial charge in [-0.05, 0) is 43.4 Å². The van der Waals surface area contributed by atoms with E-state index in [2.05, 4.69) is 18.4 Å². The fraction of sp³-hybridized carbons (Fsp3) is 1.00. The predicted molar refractivity (Wildman–Crippen MR) is 86.1 cm³/mol. The van der Waals surface area contributed by atoms with Crippen LogP contribution in [0.15, 0.2) is 0 Å². The lowest BCUT2D eigenvalue weighted by molar-refractivity contribution is 0.182. The van der Waals surface area contributed by atoms with Crippen LogP contribution < -0.4 is 0 Å². The van der Waals surface area contributed by atoms with Gasteiger partial charge in [0.2, 0.25) is 0 Å². The van der Waals surface area contributed by atoms with Gasteiger partial charge >= 0.3 is 7.82 Å². The maximum absolute atomic E-state index is 10.5. The van der Waals surface area contributed by atoms with Crippen LogP contribution in [0.4, 0.5) is 0 Å². The Labute approximate surface area is 129 Å². The third-order valence-electron chi connectivity index (χ3n) is 4.72. The van der Waals surface area contributed by atoms with E-state index >= 15 is 0 Å². The van der Waals surface area contributed by atoms with Crippen molar-refractivity contribution in [3.8, 4) is 0 Å². The summed E-state index contributed by atoms with van der Waals surface area (Å²) in [6.45, 7) is 4.95. The van der Waals surface area contributed by atoms with Gasteiger partial charge in [-0.25, -0.2) is 4.57 Å². The zero-order valence-corrected chi connectivity index (χ0v) is 14.6. The van der Waals surface area contributed by atoms with Crippen molar-refractivity contribution >= 4 is 7.82 Å². The molecule has 1 aliphatic carbocycles. The quantitative estimate of drug-likeness (QED) is 0.437. The number of phosphoric acid groups is 1. The summed E-state index contributed by atoms with van der Waals surface area (Å²) in [5, 5.41) is 0. The molecule has 0 aromatic carbocycles. The minimum atomic E-state index is -4.26. The number of hydrogen-bond acceptors (Lipinski definition) is 2. The van der Waals surface area contributed by atoms with E-state index < -0.39 is 7.82 Å². The second-order valence-electron chi connectivity index (χ2n) is 7.34. The van der Waals surface area contributed by atoms with Gasteiger partial charge in [-0.3, -0.25) is 4.52 Å². The number of rotatable bonds is 10. The fourth-order valence-corrected chi connectivity index (χ4v) is 3.54. The van der Waals surface area contributed by atoms with Crippen molar-refractivity contribution in [3.63, 3.8) is 0 Å². The summed E-state index contributed by atoms with van der Waals surface area (Å²) in [7, 11) is -4.26. The molecule has 2 N–H and O–H groups in total. The molecule has 0 aromatic heterocycles. The normalized spacial score (nSPS) is 19.8. The summed E-state index contributed by atoms with van der Waals surface area (Å²) in [5.41, 5.74) is 0.575. The van der Waals surface area contributed by atoms with Crippen molar-refractivity contribution in [2.45, 2.75) is 84.5 Å². The molecule has 0 atom stereocenters. The van der Waals surface area contributed by atoms with Gasteiger partial charge in [0.05, 0.1) is 6.61 Å². The first-order valence-corrected chi connectivity index (χ1v) is 10.0. The minimum Gasteiger partial charge on any atom is -0.303 e. The highest BCUT2D eigenvalue weighted by molar-refractivity contribution is 7.46. The Morgan fingerprint density at radius 1 is 1.00 bits per heavy atom. The summed E-state index contributed by atoms with van der Waals surface area (Å²) in [6, 6.07) is 0. The largest absolute Gasteiger partial charge is 0.469 e. The van der Waals surface area contributed by atoms with Crippen molar-refractivity contribution in [1.82, 2.24) is 0 Å². The molecule has 1 fully saturated rings. The van der Waals surface area contributed by atoms with Gasteiger partial charge in [-0.15, -0.1) is 0 Å². The number of unbranched alkanes of at least 4 members (excludes halogenated alkanes) is 5. The van der Waals surface area contributed by atoms with Gasteiger partial charge in [-0.2, -0.15) is 0 Å². The van der Waals surface area contributed by atoms with Crippen LogP contribution in [0.1, 0.15) is 84.5 Å². The molecule has 0 unspecified atom stereocenters. The van der Waals surface area contributed by atoms with Crippen LogP contribution in [0.5, 0.6) is 0 Å². The van der Waals surface area contributed by atoms with Crippen LogP contribution in [0.25, 0.3) is 0 Å². The molecule has 0 aliphatic heterocycles. The molecule has 0 amide bonds. The maximum atomic E-state index is 10.5. The van der Waals surface area contributed by atoms with E-state index in [1.165, 1.54) is 51.4 Å². The molecule has 0 aromatic rings. The highest BCUT2D eigenvalue weighted by Gasteiger charge is 2.26. The highest BCUT2D eigenvalue weighted by Crippen LogP contribution is 2.39. The molecule has 0 spiro atoms. The van der Waals surface area contributed by atoms with E-state index in [-0.39, 0.29) is 6.61 Å². The van der Waals surface area contributed by atoms with Crippen molar-refractivity contribution < 1.29 is 18.9 Å². The van der Waals surface area contributed by atoms with Crippen LogP contribution in [-0.2, 0) is 9.09 Å². The molecule has 0 bridgehead atoms. The predicted octanol–water partition coefficient (Wildman–Crippen LogP) is 5.04. The number of hydrogen-bond donors (Lipinski definition) is 2. The molecule has 0 saturated heterocycles. The molecule has 21 heavy (non-hydrogen) atoms. The zero-order chi connectivity index (χ0) is 15.8.